The summed E-state index contributed by atoms with van der Waals surface area (Å²) < 4.78 is 29.6. The van der Waals surface area contributed by atoms with Crippen LogP contribution in [0.4, 0.5) is 0 Å². The van der Waals surface area contributed by atoms with Crippen molar-refractivity contribution in [3.8, 4) is 0 Å². The maximum Gasteiger partial charge on any atom is 0.306 e. The van der Waals surface area contributed by atoms with Crippen molar-refractivity contribution in [3.63, 3.8) is 0 Å². The second-order valence-electron chi connectivity index (χ2n) is 2.77. The molecule has 1 aromatic rings. The van der Waals surface area contributed by atoms with Crippen LogP contribution in [0.2, 0.25) is 0 Å². The van der Waals surface area contributed by atoms with Gasteiger partial charge in [-0.15, -0.1) is 0 Å². The highest BCUT2D eigenvalue weighted by Crippen LogP contribution is 2.05. The van der Waals surface area contributed by atoms with E-state index in [4.69, 9.17) is 0 Å². The molecule has 0 aliphatic heterocycles. The molecular weight excluding hydrogens is 220 g/mol. The topological polar surface area (TPSA) is 88.3 Å². The van der Waals surface area contributed by atoms with Crippen LogP contribution in [0.15, 0.2) is 23.4 Å². The molecule has 0 spiro atoms. The lowest BCUT2D eigenvalue weighted by atomic mass is 10.4. The van der Waals surface area contributed by atoms with Gasteiger partial charge in [-0.2, -0.15) is 0 Å². The summed E-state index contributed by atoms with van der Waals surface area (Å²) in [6, 6.07) is 1.43. The molecule has 1 aromatic heterocycles. The zero-order valence-electron chi connectivity index (χ0n) is 8.19. The van der Waals surface area contributed by atoms with Crippen LogP contribution in [0.1, 0.15) is 6.42 Å². The molecule has 0 fully saturated rings. The van der Waals surface area contributed by atoms with Crippen molar-refractivity contribution in [1.29, 1.82) is 0 Å². The van der Waals surface area contributed by atoms with Crippen molar-refractivity contribution in [2.75, 3.05) is 13.7 Å². The van der Waals surface area contributed by atoms with E-state index in [-0.39, 0.29) is 17.9 Å². The zero-order chi connectivity index (χ0) is 11.3. The van der Waals surface area contributed by atoms with Crippen molar-refractivity contribution < 1.29 is 17.9 Å². The lowest BCUT2D eigenvalue weighted by Crippen LogP contribution is -2.26. The van der Waals surface area contributed by atoms with Gasteiger partial charge < -0.3 is 9.72 Å². The van der Waals surface area contributed by atoms with E-state index in [0.717, 1.165) is 0 Å². The summed E-state index contributed by atoms with van der Waals surface area (Å²) in [4.78, 5) is 13.5. The molecule has 0 unspecified atom stereocenters. The lowest BCUT2D eigenvalue weighted by Gasteiger charge is -2.03. The third kappa shape index (κ3) is 3.37. The average Bonchev–Trinajstić information content (AvgIpc) is 2.70. The fraction of sp³-hybridized carbons (Fsp3) is 0.375. The Bertz CT molecular complexity index is 410. The summed E-state index contributed by atoms with van der Waals surface area (Å²) in [7, 11) is -2.26. The number of esters is 1. The first-order valence-electron chi connectivity index (χ1n) is 4.25. The highest BCUT2D eigenvalue weighted by Gasteiger charge is 2.13. The second kappa shape index (κ2) is 4.94. The number of ether oxygens (including phenoxy) is 1. The first-order chi connectivity index (χ1) is 7.06. The Hall–Kier alpha value is -1.34. The maximum atomic E-state index is 11.5. The third-order valence-electron chi connectivity index (χ3n) is 1.73. The smallest absolute Gasteiger partial charge is 0.306 e. The van der Waals surface area contributed by atoms with Crippen LogP contribution in [0.25, 0.3) is 0 Å². The predicted molar refractivity (Wildman–Crippen MR) is 52.6 cm³/mol. The predicted octanol–water partition coefficient (Wildman–Crippen LogP) is -0.144. The van der Waals surface area contributed by atoms with E-state index in [0.29, 0.717) is 0 Å². The summed E-state index contributed by atoms with van der Waals surface area (Å²) >= 11 is 0. The van der Waals surface area contributed by atoms with Gasteiger partial charge in [-0.3, -0.25) is 4.79 Å². The summed E-state index contributed by atoms with van der Waals surface area (Å²) in [6.45, 7) is 0.0280. The molecule has 0 aliphatic rings. The number of nitrogens with one attached hydrogen (secondary N) is 2. The summed E-state index contributed by atoms with van der Waals surface area (Å²) in [6.07, 6.45) is 2.88. The molecule has 1 heterocycles. The fourth-order valence-corrected chi connectivity index (χ4v) is 1.96. The molecule has 0 aromatic carbocycles. The Morgan fingerprint density at radius 3 is 2.87 bits per heavy atom. The first kappa shape index (κ1) is 11.7. The molecule has 0 amide bonds. The molecule has 1 rings (SSSR count). The van der Waals surface area contributed by atoms with Gasteiger partial charge in [0, 0.05) is 18.9 Å². The van der Waals surface area contributed by atoms with Gasteiger partial charge in [-0.25, -0.2) is 13.1 Å². The van der Waals surface area contributed by atoms with Crippen LogP contribution in [0.3, 0.4) is 0 Å². The Labute approximate surface area is 87.7 Å². The Morgan fingerprint density at radius 2 is 2.33 bits per heavy atom. The highest BCUT2D eigenvalue weighted by molar-refractivity contribution is 7.89. The minimum Gasteiger partial charge on any atom is -0.469 e. The van der Waals surface area contributed by atoms with E-state index >= 15 is 0 Å². The molecule has 15 heavy (non-hydrogen) atoms. The molecule has 0 saturated carbocycles. The van der Waals surface area contributed by atoms with Crippen LogP contribution in [0, 0.1) is 0 Å². The minimum atomic E-state index is -3.51. The molecule has 2 N–H and O–H groups in total. The summed E-state index contributed by atoms with van der Waals surface area (Å²) in [5.41, 5.74) is 0. The number of aromatic nitrogens is 1. The SMILES string of the molecule is COC(=O)CCNS(=O)(=O)c1cc[nH]c1. The van der Waals surface area contributed by atoms with Gasteiger partial charge in [0.15, 0.2) is 0 Å². The van der Waals surface area contributed by atoms with Crippen LogP contribution in [0.5, 0.6) is 0 Å². The monoisotopic (exact) mass is 232 g/mol. The number of aromatic amines is 1. The Kier molecular flexibility index (Phi) is 3.87. The van der Waals surface area contributed by atoms with E-state index in [9.17, 15) is 13.2 Å². The van der Waals surface area contributed by atoms with Gasteiger partial charge in [0.25, 0.3) is 0 Å². The standard InChI is InChI=1S/C8H12N2O4S/c1-14-8(11)3-5-10-15(12,13)7-2-4-9-6-7/h2,4,6,9-10H,3,5H2,1H3. The number of methoxy groups -OCH3 is 1. The maximum absolute atomic E-state index is 11.5. The molecule has 6 nitrogen and oxygen atoms in total. The van der Waals surface area contributed by atoms with Gasteiger partial charge in [-0.05, 0) is 6.07 Å². The number of carbonyl (C=O) groups excluding carboxylic acids is 1. The second-order valence-corrected chi connectivity index (χ2v) is 4.54. The Morgan fingerprint density at radius 1 is 1.60 bits per heavy atom. The van der Waals surface area contributed by atoms with Crippen molar-refractivity contribution in [3.05, 3.63) is 18.5 Å². The number of rotatable bonds is 5. The van der Waals surface area contributed by atoms with Crippen LogP contribution in [-0.2, 0) is 19.6 Å². The van der Waals surface area contributed by atoms with E-state index < -0.39 is 16.0 Å². The van der Waals surface area contributed by atoms with Crippen LogP contribution in [-0.4, -0.2) is 33.0 Å². The van der Waals surface area contributed by atoms with Gasteiger partial charge in [0.1, 0.15) is 0 Å². The lowest BCUT2D eigenvalue weighted by molar-refractivity contribution is -0.140. The Balaban J connectivity index is 2.49. The van der Waals surface area contributed by atoms with Gasteiger partial charge in [0.05, 0.1) is 18.4 Å². The molecule has 0 atom stereocenters. The van der Waals surface area contributed by atoms with E-state index in [1.54, 1.807) is 0 Å². The largest absolute Gasteiger partial charge is 0.469 e. The fourth-order valence-electron chi connectivity index (χ4n) is 0.949. The molecule has 0 saturated heterocycles. The number of H-pyrrole nitrogens is 1. The van der Waals surface area contributed by atoms with Gasteiger partial charge in [-0.1, -0.05) is 0 Å². The van der Waals surface area contributed by atoms with E-state index in [1.807, 2.05) is 0 Å². The van der Waals surface area contributed by atoms with Crippen molar-refractivity contribution in [2.24, 2.45) is 0 Å². The number of carbonyl (C=O) groups is 1. The highest BCUT2D eigenvalue weighted by atomic mass is 32.2. The summed E-state index contributed by atoms with van der Waals surface area (Å²) in [5, 5.41) is 0. The zero-order valence-corrected chi connectivity index (χ0v) is 9.00. The molecular formula is C8H12N2O4S. The number of hydrogen-bond donors (Lipinski definition) is 2. The summed E-state index contributed by atoms with van der Waals surface area (Å²) in [5.74, 6) is -0.452. The van der Waals surface area contributed by atoms with E-state index in [2.05, 4.69) is 14.4 Å². The quantitative estimate of drug-likeness (QED) is 0.691. The van der Waals surface area contributed by atoms with Crippen LogP contribution >= 0.6 is 0 Å². The van der Waals surface area contributed by atoms with E-state index in [1.165, 1.54) is 25.6 Å². The molecule has 84 valence electrons. The van der Waals surface area contributed by atoms with Crippen LogP contribution < -0.4 is 4.72 Å². The average molecular weight is 232 g/mol. The van der Waals surface area contributed by atoms with Gasteiger partial charge in [0.2, 0.25) is 10.0 Å². The molecule has 7 heteroatoms. The molecule has 0 radical (unpaired) electrons. The minimum absolute atomic E-state index is 0.0140. The first-order valence-corrected chi connectivity index (χ1v) is 5.74. The van der Waals surface area contributed by atoms with Crippen molar-refractivity contribution in [2.45, 2.75) is 11.3 Å². The molecule has 0 bridgehead atoms. The van der Waals surface area contributed by atoms with Crippen molar-refractivity contribution >= 4 is 16.0 Å². The van der Waals surface area contributed by atoms with Gasteiger partial charge >= 0.3 is 5.97 Å². The normalized spacial score (nSPS) is 11.3. The number of sulfonamides is 1. The molecule has 0 aliphatic carbocycles. The third-order valence-corrected chi connectivity index (χ3v) is 3.19. The van der Waals surface area contributed by atoms with Crippen molar-refractivity contribution in [1.82, 2.24) is 9.71 Å². The number of hydrogen-bond acceptors (Lipinski definition) is 4.